The lowest BCUT2D eigenvalue weighted by Crippen LogP contribution is -2.65. The second-order valence-corrected chi connectivity index (χ2v) is 4.99. The van der Waals surface area contributed by atoms with E-state index in [2.05, 4.69) is 10.2 Å². The Labute approximate surface area is 89.0 Å². The molecule has 4 heteroatoms. The van der Waals surface area contributed by atoms with Gasteiger partial charge in [-0.25, -0.2) is 4.39 Å². The highest BCUT2D eigenvalue weighted by Crippen LogP contribution is 2.33. The van der Waals surface area contributed by atoms with E-state index in [-0.39, 0.29) is 18.0 Å². The molecule has 4 atom stereocenters. The summed E-state index contributed by atoms with van der Waals surface area (Å²) in [4.78, 5) is 14.1. The molecular weight excluding hydrogens is 195 g/mol. The Kier molecular flexibility index (Phi) is 2.20. The molecule has 3 rings (SSSR count). The molecule has 1 saturated carbocycles. The number of piperazine rings is 1. The molecule has 3 fully saturated rings. The van der Waals surface area contributed by atoms with E-state index in [4.69, 9.17) is 0 Å². The fraction of sp³-hybridized carbons (Fsp3) is 0.909. The molecule has 3 aliphatic rings. The van der Waals surface area contributed by atoms with Gasteiger partial charge in [-0.1, -0.05) is 0 Å². The number of carbonyl (C=O) groups is 1. The Morgan fingerprint density at radius 2 is 2.20 bits per heavy atom. The van der Waals surface area contributed by atoms with E-state index in [0.29, 0.717) is 18.9 Å². The molecule has 0 aromatic carbocycles. The molecule has 2 saturated heterocycles. The fourth-order valence-corrected chi connectivity index (χ4v) is 3.40. The quantitative estimate of drug-likeness (QED) is 0.645. The van der Waals surface area contributed by atoms with Crippen molar-refractivity contribution in [1.82, 2.24) is 10.2 Å². The number of halogens is 1. The highest BCUT2D eigenvalue weighted by molar-refractivity contribution is 5.83. The van der Waals surface area contributed by atoms with Crippen molar-refractivity contribution in [2.24, 2.45) is 0 Å². The van der Waals surface area contributed by atoms with Crippen molar-refractivity contribution in [2.75, 3.05) is 6.54 Å². The molecule has 4 unspecified atom stereocenters. The summed E-state index contributed by atoms with van der Waals surface area (Å²) in [6.45, 7) is 1.02. The summed E-state index contributed by atoms with van der Waals surface area (Å²) in [6, 6.07) is 0.556. The van der Waals surface area contributed by atoms with Crippen molar-refractivity contribution in [3.63, 3.8) is 0 Å². The van der Waals surface area contributed by atoms with Gasteiger partial charge in [0, 0.05) is 18.5 Å². The number of nitrogens with one attached hydrogen (secondary N) is 1. The summed E-state index contributed by atoms with van der Waals surface area (Å²) < 4.78 is 13.3. The molecule has 15 heavy (non-hydrogen) atoms. The zero-order valence-electron chi connectivity index (χ0n) is 8.79. The van der Waals surface area contributed by atoms with E-state index in [1.807, 2.05) is 0 Å². The Hall–Kier alpha value is -0.640. The van der Waals surface area contributed by atoms with E-state index < -0.39 is 6.17 Å². The van der Waals surface area contributed by atoms with Crippen LogP contribution in [0.2, 0.25) is 0 Å². The number of hydrogen-bond acceptors (Lipinski definition) is 2. The number of rotatable bonds is 0. The normalized spacial score (nSPS) is 45.8. The van der Waals surface area contributed by atoms with Crippen LogP contribution in [0.5, 0.6) is 0 Å². The molecule has 2 aliphatic heterocycles. The second-order valence-electron chi connectivity index (χ2n) is 4.99. The molecule has 1 amide bonds. The Morgan fingerprint density at radius 1 is 1.33 bits per heavy atom. The van der Waals surface area contributed by atoms with Gasteiger partial charge in [-0.15, -0.1) is 0 Å². The number of hydrogen-bond donors (Lipinski definition) is 1. The van der Waals surface area contributed by atoms with Crippen molar-refractivity contribution < 1.29 is 9.18 Å². The zero-order valence-corrected chi connectivity index (χ0v) is 8.79. The van der Waals surface area contributed by atoms with E-state index in [0.717, 1.165) is 25.8 Å². The van der Waals surface area contributed by atoms with Gasteiger partial charge in [0.05, 0.1) is 6.04 Å². The third-order valence-electron chi connectivity index (χ3n) is 4.10. The summed E-state index contributed by atoms with van der Waals surface area (Å²) in [6.07, 6.45) is 3.46. The minimum atomic E-state index is -0.717. The van der Waals surface area contributed by atoms with Crippen LogP contribution >= 0.6 is 0 Å². The van der Waals surface area contributed by atoms with Crippen LogP contribution in [0.15, 0.2) is 0 Å². The van der Waals surface area contributed by atoms with Gasteiger partial charge in [-0.05, 0) is 32.2 Å². The van der Waals surface area contributed by atoms with Crippen molar-refractivity contribution in [2.45, 2.75) is 56.4 Å². The Balaban J connectivity index is 1.81. The van der Waals surface area contributed by atoms with Crippen LogP contribution in [-0.2, 0) is 4.79 Å². The summed E-state index contributed by atoms with van der Waals surface area (Å²) in [7, 11) is 0. The van der Waals surface area contributed by atoms with Crippen molar-refractivity contribution >= 4 is 5.91 Å². The standard InChI is InChI=1S/C11H17FN2O/c12-7-3-4-9-8(6-7)13-11(15)10-2-1-5-14(9)10/h7-10H,1-6H2,(H,13,15). The van der Waals surface area contributed by atoms with Gasteiger partial charge in [0.2, 0.25) is 5.91 Å². The predicted molar refractivity (Wildman–Crippen MR) is 54.2 cm³/mol. The van der Waals surface area contributed by atoms with Gasteiger partial charge in [-0.3, -0.25) is 9.69 Å². The third kappa shape index (κ3) is 1.46. The predicted octanol–water partition coefficient (Wildman–Crippen LogP) is 0.840. The van der Waals surface area contributed by atoms with Gasteiger partial charge in [-0.2, -0.15) is 0 Å². The summed E-state index contributed by atoms with van der Waals surface area (Å²) in [5, 5.41) is 3.00. The lowest BCUT2D eigenvalue weighted by atomic mass is 9.85. The molecule has 1 N–H and O–H groups in total. The lowest BCUT2D eigenvalue weighted by Gasteiger charge is -2.46. The third-order valence-corrected chi connectivity index (χ3v) is 4.10. The molecule has 2 heterocycles. The van der Waals surface area contributed by atoms with Gasteiger partial charge >= 0.3 is 0 Å². The monoisotopic (exact) mass is 212 g/mol. The fourth-order valence-electron chi connectivity index (χ4n) is 3.40. The van der Waals surface area contributed by atoms with Gasteiger partial charge in [0.1, 0.15) is 6.17 Å². The first-order valence-electron chi connectivity index (χ1n) is 5.96. The van der Waals surface area contributed by atoms with Gasteiger partial charge in [0.15, 0.2) is 0 Å². The average molecular weight is 212 g/mol. The van der Waals surface area contributed by atoms with Crippen LogP contribution < -0.4 is 5.32 Å². The molecule has 84 valence electrons. The average Bonchev–Trinajstić information content (AvgIpc) is 2.66. The van der Waals surface area contributed by atoms with E-state index in [1.165, 1.54) is 0 Å². The van der Waals surface area contributed by atoms with Gasteiger partial charge in [0.25, 0.3) is 0 Å². The molecular formula is C11H17FN2O. The van der Waals surface area contributed by atoms with Gasteiger partial charge < -0.3 is 5.32 Å². The maximum atomic E-state index is 13.3. The summed E-state index contributed by atoms with van der Waals surface area (Å²) in [5.74, 6) is 0.128. The topological polar surface area (TPSA) is 32.3 Å². The van der Waals surface area contributed by atoms with Crippen LogP contribution in [-0.4, -0.2) is 41.6 Å². The number of amides is 1. The minimum absolute atomic E-state index is 0.0654. The number of fused-ring (bicyclic) bond motifs is 3. The first kappa shape index (κ1) is 9.58. The first-order chi connectivity index (χ1) is 7.25. The van der Waals surface area contributed by atoms with Crippen molar-refractivity contribution in [3.05, 3.63) is 0 Å². The smallest absolute Gasteiger partial charge is 0.237 e. The molecule has 0 radical (unpaired) electrons. The van der Waals surface area contributed by atoms with E-state index >= 15 is 0 Å². The molecule has 0 aromatic heterocycles. The summed E-state index contributed by atoms with van der Waals surface area (Å²) in [5.41, 5.74) is 0. The lowest BCUT2D eigenvalue weighted by molar-refractivity contribution is -0.133. The van der Waals surface area contributed by atoms with Crippen molar-refractivity contribution in [3.8, 4) is 0 Å². The Bertz CT molecular complexity index is 284. The SMILES string of the molecule is O=C1NC2CC(F)CCC2N2CCCC12. The largest absolute Gasteiger partial charge is 0.350 e. The molecule has 3 nitrogen and oxygen atoms in total. The van der Waals surface area contributed by atoms with Crippen LogP contribution in [0, 0.1) is 0 Å². The molecule has 0 spiro atoms. The summed E-state index contributed by atoms with van der Waals surface area (Å²) >= 11 is 0. The van der Waals surface area contributed by atoms with Crippen molar-refractivity contribution in [1.29, 1.82) is 0 Å². The van der Waals surface area contributed by atoms with Crippen LogP contribution in [0.4, 0.5) is 4.39 Å². The highest BCUT2D eigenvalue weighted by atomic mass is 19.1. The number of nitrogens with zero attached hydrogens (tertiary/aromatic N) is 1. The second kappa shape index (κ2) is 3.44. The molecule has 0 bridgehead atoms. The maximum absolute atomic E-state index is 13.3. The van der Waals surface area contributed by atoms with E-state index in [9.17, 15) is 9.18 Å². The maximum Gasteiger partial charge on any atom is 0.237 e. The number of alkyl halides is 1. The first-order valence-corrected chi connectivity index (χ1v) is 5.96. The van der Waals surface area contributed by atoms with E-state index in [1.54, 1.807) is 0 Å². The number of carbonyl (C=O) groups excluding carboxylic acids is 1. The van der Waals surface area contributed by atoms with Crippen LogP contribution in [0.1, 0.15) is 32.1 Å². The molecule has 0 aromatic rings. The van der Waals surface area contributed by atoms with Crippen LogP contribution in [0.25, 0.3) is 0 Å². The minimum Gasteiger partial charge on any atom is -0.350 e. The highest BCUT2D eigenvalue weighted by Gasteiger charge is 2.46. The Morgan fingerprint density at radius 3 is 3.07 bits per heavy atom. The zero-order chi connectivity index (χ0) is 10.4. The molecule has 1 aliphatic carbocycles. The van der Waals surface area contributed by atoms with Crippen LogP contribution in [0.3, 0.4) is 0 Å².